The van der Waals surface area contributed by atoms with Crippen molar-refractivity contribution < 1.29 is 18.0 Å². The maximum atomic E-state index is 14.4. The smallest absolute Gasteiger partial charge is 0.264 e. The molecule has 1 N–H and O–H groups in total. The summed E-state index contributed by atoms with van der Waals surface area (Å²) in [7, 11) is -4.17. The van der Waals surface area contributed by atoms with E-state index in [1.807, 2.05) is 68.4 Å². The largest absolute Gasteiger partial charge is 0.354 e. The molecule has 230 valence electrons. The molecule has 7 nitrogen and oxygen atoms in total. The molecule has 4 aromatic rings. The minimum absolute atomic E-state index is 0.00179. The van der Waals surface area contributed by atoms with Crippen molar-refractivity contribution in [1.29, 1.82) is 0 Å². The van der Waals surface area contributed by atoms with Crippen LogP contribution in [0.5, 0.6) is 0 Å². The first-order valence-corrected chi connectivity index (χ1v) is 16.5. The first-order chi connectivity index (χ1) is 21.2. The summed E-state index contributed by atoms with van der Waals surface area (Å²) in [6, 6.07) is 30.7. The van der Waals surface area contributed by atoms with Gasteiger partial charge in [-0.05, 0) is 60.9 Å². The van der Waals surface area contributed by atoms with Gasteiger partial charge in [0.2, 0.25) is 11.8 Å². The molecule has 1 unspecified atom stereocenters. The number of carbonyl (C=O) groups is 2. The summed E-state index contributed by atoms with van der Waals surface area (Å²) in [6.45, 7) is 4.11. The highest BCUT2D eigenvalue weighted by molar-refractivity contribution is 7.92. The average molecular weight is 632 g/mol. The fourth-order valence-corrected chi connectivity index (χ4v) is 6.46. The Labute approximate surface area is 265 Å². The number of aryl methyl sites for hydroxylation is 1. The highest BCUT2D eigenvalue weighted by Crippen LogP contribution is 2.26. The fourth-order valence-electron chi connectivity index (χ4n) is 4.92. The van der Waals surface area contributed by atoms with E-state index in [-0.39, 0.29) is 23.8 Å². The lowest BCUT2D eigenvalue weighted by atomic mass is 10.0. The van der Waals surface area contributed by atoms with Gasteiger partial charge in [0.15, 0.2) is 0 Å². The zero-order valence-electron chi connectivity index (χ0n) is 25.0. The van der Waals surface area contributed by atoms with E-state index in [2.05, 4.69) is 5.32 Å². The minimum atomic E-state index is -4.17. The molecule has 2 amide bonds. The zero-order valence-corrected chi connectivity index (χ0v) is 26.6. The Hall–Kier alpha value is -4.14. The summed E-state index contributed by atoms with van der Waals surface area (Å²) in [4.78, 5) is 29.7. The quantitative estimate of drug-likeness (QED) is 0.163. The Bertz CT molecular complexity index is 1630. The lowest BCUT2D eigenvalue weighted by Crippen LogP contribution is -2.53. The lowest BCUT2D eigenvalue weighted by molar-refractivity contribution is -0.140. The summed E-state index contributed by atoms with van der Waals surface area (Å²) >= 11 is 6.04. The van der Waals surface area contributed by atoms with Crippen molar-refractivity contribution in [2.75, 3.05) is 17.4 Å². The summed E-state index contributed by atoms with van der Waals surface area (Å²) in [5, 5.41) is 3.40. The molecule has 0 radical (unpaired) electrons. The van der Waals surface area contributed by atoms with Gasteiger partial charge in [0.05, 0.1) is 10.6 Å². The van der Waals surface area contributed by atoms with E-state index in [0.717, 1.165) is 33.8 Å². The minimum Gasteiger partial charge on any atom is -0.354 e. The van der Waals surface area contributed by atoms with Crippen molar-refractivity contribution in [3.05, 3.63) is 131 Å². The second-order valence-electron chi connectivity index (χ2n) is 10.7. The van der Waals surface area contributed by atoms with Crippen LogP contribution in [0.1, 0.15) is 36.5 Å². The van der Waals surface area contributed by atoms with E-state index in [4.69, 9.17) is 11.6 Å². The number of rotatable bonds is 14. The molecule has 0 aromatic heterocycles. The van der Waals surface area contributed by atoms with Crippen LogP contribution in [0.2, 0.25) is 5.02 Å². The Morgan fingerprint density at radius 2 is 1.48 bits per heavy atom. The normalized spacial score (nSPS) is 11.9. The summed E-state index contributed by atoms with van der Waals surface area (Å²) in [5.41, 5.74) is 3.07. The van der Waals surface area contributed by atoms with Crippen LogP contribution in [0.3, 0.4) is 0 Å². The van der Waals surface area contributed by atoms with E-state index < -0.39 is 28.5 Å². The molecule has 0 aliphatic rings. The molecule has 4 rings (SSSR count). The third-order valence-electron chi connectivity index (χ3n) is 7.26. The molecule has 0 aliphatic heterocycles. The summed E-state index contributed by atoms with van der Waals surface area (Å²) in [5.74, 6) is -0.783. The predicted molar refractivity (Wildman–Crippen MR) is 176 cm³/mol. The first kappa shape index (κ1) is 32.8. The predicted octanol–water partition coefficient (Wildman–Crippen LogP) is 6.40. The van der Waals surface area contributed by atoms with Crippen LogP contribution < -0.4 is 9.62 Å². The Balaban J connectivity index is 1.77. The Morgan fingerprint density at radius 1 is 0.841 bits per heavy atom. The number of unbranched alkanes of at least 4 members (excludes halogenated alkanes) is 1. The van der Waals surface area contributed by atoms with Gasteiger partial charge in [-0.3, -0.25) is 13.9 Å². The van der Waals surface area contributed by atoms with Crippen LogP contribution in [0, 0.1) is 6.92 Å². The van der Waals surface area contributed by atoms with Gasteiger partial charge in [0.25, 0.3) is 10.0 Å². The van der Waals surface area contributed by atoms with Crippen LogP contribution in [0.4, 0.5) is 5.69 Å². The lowest BCUT2D eigenvalue weighted by Gasteiger charge is -2.34. The third kappa shape index (κ3) is 8.71. The number of nitrogens with one attached hydrogen (secondary N) is 1. The van der Waals surface area contributed by atoms with Gasteiger partial charge < -0.3 is 10.2 Å². The zero-order chi connectivity index (χ0) is 31.5. The van der Waals surface area contributed by atoms with Gasteiger partial charge in [0, 0.05) is 24.5 Å². The van der Waals surface area contributed by atoms with E-state index >= 15 is 0 Å². The molecule has 4 aromatic carbocycles. The monoisotopic (exact) mass is 631 g/mol. The van der Waals surface area contributed by atoms with Crippen LogP contribution in [0.25, 0.3) is 0 Å². The standard InChI is InChI=1S/C35H38ClN3O4S/c1-3-4-22-37-35(41)33(24-28-13-7-5-8-14-28)38(25-29-15-11-12-27(2)23-29)34(40)26-39(31-16-9-6-10-17-31)44(42,43)32-20-18-30(36)19-21-32/h5-21,23,33H,3-4,22,24-26H2,1-2H3,(H,37,41). The van der Waals surface area contributed by atoms with E-state index in [1.54, 1.807) is 30.3 Å². The highest BCUT2D eigenvalue weighted by atomic mass is 35.5. The SMILES string of the molecule is CCCCNC(=O)C(Cc1ccccc1)N(Cc1cccc(C)c1)C(=O)CN(c1ccccc1)S(=O)(=O)c1ccc(Cl)cc1. The number of amides is 2. The number of sulfonamides is 1. The number of halogens is 1. The van der Waals surface area contributed by atoms with Gasteiger partial charge in [-0.2, -0.15) is 0 Å². The van der Waals surface area contributed by atoms with Gasteiger partial charge >= 0.3 is 0 Å². The Kier molecular flexibility index (Phi) is 11.6. The van der Waals surface area contributed by atoms with Crippen LogP contribution in [0.15, 0.2) is 114 Å². The van der Waals surface area contributed by atoms with Crippen molar-refractivity contribution in [2.45, 2.75) is 50.6 Å². The van der Waals surface area contributed by atoms with Crippen LogP contribution in [-0.4, -0.2) is 44.3 Å². The van der Waals surface area contributed by atoms with Gasteiger partial charge in [-0.1, -0.05) is 103 Å². The number of para-hydroxylation sites is 1. The van der Waals surface area contributed by atoms with E-state index in [1.165, 1.54) is 29.2 Å². The molecule has 0 heterocycles. The molecule has 9 heteroatoms. The van der Waals surface area contributed by atoms with Gasteiger partial charge in [-0.25, -0.2) is 8.42 Å². The molecule has 0 aliphatic carbocycles. The van der Waals surface area contributed by atoms with Gasteiger partial charge in [0.1, 0.15) is 12.6 Å². The van der Waals surface area contributed by atoms with Crippen LogP contribution in [-0.2, 0) is 32.6 Å². The van der Waals surface area contributed by atoms with Crippen molar-refractivity contribution in [3.8, 4) is 0 Å². The molecule has 44 heavy (non-hydrogen) atoms. The molecule has 0 spiro atoms. The Morgan fingerprint density at radius 3 is 2.11 bits per heavy atom. The number of hydrogen-bond acceptors (Lipinski definition) is 4. The first-order valence-electron chi connectivity index (χ1n) is 14.7. The maximum absolute atomic E-state index is 14.4. The van der Waals surface area contributed by atoms with Crippen LogP contribution >= 0.6 is 11.6 Å². The number of carbonyl (C=O) groups excluding carboxylic acids is 2. The summed E-state index contributed by atoms with van der Waals surface area (Å²) in [6.07, 6.45) is 1.98. The van der Waals surface area contributed by atoms with Crippen molar-refractivity contribution in [1.82, 2.24) is 10.2 Å². The fraction of sp³-hybridized carbons (Fsp3) is 0.257. The number of nitrogens with zero attached hydrogens (tertiary/aromatic N) is 2. The molecular formula is C35H38ClN3O4S. The van der Waals surface area contributed by atoms with Gasteiger partial charge in [-0.15, -0.1) is 0 Å². The number of anilines is 1. The number of benzene rings is 4. The molecule has 0 fully saturated rings. The second kappa shape index (κ2) is 15.5. The molecule has 0 saturated carbocycles. The molecule has 1 atom stereocenters. The molecule has 0 bridgehead atoms. The maximum Gasteiger partial charge on any atom is 0.264 e. The van der Waals surface area contributed by atoms with Crippen molar-refractivity contribution >= 4 is 39.1 Å². The molecular weight excluding hydrogens is 594 g/mol. The van der Waals surface area contributed by atoms with E-state index in [0.29, 0.717) is 17.3 Å². The van der Waals surface area contributed by atoms with E-state index in [9.17, 15) is 18.0 Å². The van der Waals surface area contributed by atoms with Crippen molar-refractivity contribution in [2.24, 2.45) is 0 Å². The second-order valence-corrected chi connectivity index (χ2v) is 13.0. The topological polar surface area (TPSA) is 86.8 Å². The highest BCUT2D eigenvalue weighted by Gasteiger charge is 2.34. The summed E-state index contributed by atoms with van der Waals surface area (Å²) < 4.78 is 29.1. The third-order valence-corrected chi connectivity index (χ3v) is 9.30. The van der Waals surface area contributed by atoms with Crippen molar-refractivity contribution in [3.63, 3.8) is 0 Å². The molecule has 0 saturated heterocycles. The average Bonchev–Trinajstić information content (AvgIpc) is 3.02. The number of hydrogen-bond donors (Lipinski definition) is 1.